The molecule has 0 saturated heterocycles. The minimum absolute atomic E-state index is 0.0209. The van der Waals surface area contributed by atoms with Gasteiger partial charge in [-0.2, -0.15) is 13.2 Å². The Morgan fingerprint density at radius 2 is 1.56 bits per heavy atom. The first-order valence-corrected chi connectivity index (χ1v) is 7.85. The minimum Gasteiger partial charge on any atom is -0.504 e. The Morgan fingerprint density at radius 1 is 0.852 bits per heavy atom. The number of rotatable bonds is 1. The molecule has 7 heteroatoms. The van der Waals surface area contributed by atoms with E-state index in [2.05, 4.69) is 0 Å². The first-order chi connectivity index (χ1) is 12.8. The van der Waals surface area contributed by atoms with Gasteiger partial charge in [-0.1, -0.05) is 30.3 Å². The zero-order valence-corrected chi connectivity index (χ0v) is 13.5. The average molecular weight is 372 g/mol. The summed E-state index contributed by atoms with van der Waals surface area (Å²) in [6, 6.07) is 10.5. The molecule has 0 spiro atoms. The van der Waals surface area contributed by atoms with Crippen LogP contribution in [0, 0.1) is 0 Å². The van der Waals surface area contributed by atoms with Gasteiger partial charge in [0.2, 0.25) is 5.43 Å². The summed E-state index contributed by atoms with van der Waals surface area (Å²) < 4.78 is 45.4. The van der Waals surface area contributed by atoms with Crippen molar-refractivity contribution in [3.63, 3.8) is 0 Å². The molecule has 2 N–H and O–H groups in total. The van der Waals surface area contributed by atoms with Crippen LogP contribution in [-0.2, 0) is 6.18 Å². The van der Waals surface area contributed by atoms with Gasteiger partial charge >= 0.3 is 6.18 Å². The van der Waals surface area contributed by atoms with E-state index < -0.39 is 28.7 Å². The van der Waals surface area contributed by atoms with E-state index in [1.165, 1.54) is 36.4 Å². The van der Waals surface area contributed by atoms with E-state index in [-0.39, 0.29) is 27.5 Å². The molecule has 0 aliphatic carbocycles. The molecule has 0 aliphatic rings. The number of hydrogen-bond donors (Lipinski definition) is 2. The predicted octanol–water partition coefficient (Wildman–Crippen LogP) is 5.04. The quantitative estimate of drug-likeness (QED) is 0.363. The topological polar surface area (TPSA) is 70.7 Å². The van der Waals surface area contributed by atoms with Gasteiger partial charge in [-0.05, 0) is 23.6 Å². The molecule has 0 atom stereocenters. The SMILES string of the molecule is O=c1c(-c2ccccc2C(F)(F)F)coc2ccc3ccc(O)c(O)c3c12. The maximum Gasteiger partial charge on any atom is 0.417 e. The first kappa shape index (κ1) is 17.0. The maximum absolute atomic E-state index is 13.3. The Morgan fingerprint density at radius 3 is 2.30 bits per heavy atom. The molecule has 0 saturated carbocycles. The van der Waals surface area contributed by atoms with Crippen LogP contribution in [-0.4, -0.2) is 10.2 Å². The summed E-state index contributed by atoms with van der Waals surface area (Å²) in [6.45, 7) is 0. The number of phenolic OH excluding ortho intramolecular Hbond substituents is 2. The van der Waals surface area contributed by atoms with Gasteiger partial charge in [-0.15, -0.1) is 0 Å². The molecule has 4 nitrogen and oxygen atoms in total. The second-order valence-electron chi connectivity index (χ2n) is 5.99. The van der Waals surface area contributed by atoms with Gasteiger partial charge in [-0.25, -0.2) is 0 Å². The van der Waals surface area contributed by atoms with Crippen molar-refractivity contribution in [1.29, 1.82) is 0 Å². The van der Waals surface area contributed by atoms with Crippen molar-refractivity contribution in [1.82, 2.24) is 0 Å². The van der Waals surface area contributed by atoms with Gasteiger partial charge in [0.05, 0.1) is 16.5 Å². The fourth-order valence-electron chi connectivity index (χ4n) is 3.15. The van der Waals surface area contributed by atoms with Crippen LogP contribution in [0.3, 0.4) is 0 Å². The number of aromatic hydroxyl groups is 2. The second kappa shape index (κ2) is 5.77. The Kier molecular flexibility index (Phi) is 3.62. The summed E-state index contributed by atoms with van der Waals surface area (Å²) in [5, 5.41) is 20.3. The third kappa shape index (κ3) is 2.59. The van der Waals surface area contributed by atoms with E-state index in [4.69, 9.17) is 4.42 Å². The lowest BCUT2D eigenvalue weighted by Crippen LogP contribution is -2.11. The van der Waals surface area contributed by atoms with E-state index in [1.807, 2.05) is 0 Å². The first-order valence-electron chi connectivity index (χ1n) is 7.85. The van der Waals surface area contributed by atoms with E-state index in [1.54, 1.807) is 6.07 Å². The molecule has 136 valence electrons. The molecule has 1 aromatic heterocycles. The zero-order chi connectivity index (χ0) is 19.3. The van der Waals surface area contributed by atoms with Crippen molar-refractivity contribution in [2.24, 2.45) is 0 Å². The van der Waals surface area contributed by atoms with E-state index in [0.717, 1.165) is 12.3 Å². The van der Waals surface area contributed by atoms with Gasteiger partial charge in [0.25, 0.3) is 0 Å². The Hall–Kier alpha value is -3.48. The largest absolute Gasteiger partial charge is 0.504 e. The number of alkyl halides is 3. The molecule has 0 fully saturated rings. The number of halogens is 3. The normalized spacial score (nSPS) is 12.0. The van der Waals surface area contributed by atoms with Crippen LogP contribution in [0.15, 0.2) is 64.0 Å². The molecule has 0 bridgehead atoms. The van der Waals surface area contributed by atoms with Crippen LogP contribution in [0.5, 0.6) is 11.5 Å². The number of fused-ring (bicyclic) bond motifs is 3. The fraction of sp³-hybridized carbons (Fsp3) is 0.0500. The van der Waals surface area contributed by atoms with Crippen LogP contribution in [0.1, 0.15) is 5.56 Å². The van der Waals surface area contributed by atoms with Gasteiger partial charge in [0.15, 0.2) is 11.5 Å². The van der Waals surface area contributed by atoms with Crippen molar-refractivity contribution in [2.75, 3.05) is 0 Å². The molecular formula is C20H11F3O4. The Bertz CT molecular complexity index is 1260. The van der Waals surface area contributed by atoms with Crippen molar-refractivity contribution >= 4 is 21.7 Å². The molecular weight excluding hydrogens is 361 g/mol. The highest BCUT2D eigenvalue weighted by Crippen LogP contribution is 2.39. The average Bonchev–Trinajstić information content (AvgIpc) is 2.64. The maximum atomic E-state index is 13.3. The zero-order valence-electron chi connectivity index (χ0n) is 13.5. The minimum atomic E-state index is -4.66. The molecule has 0 aliphatic heterocycles. The molecule has 4 rings (SSSR count). The summed E-state index contributed by atoms with van der Waals surface area (Å²) >= 11 is 0. The van der Waals surface area contributed by atoms with Crippen molar-refractivity contribution in [3.05, 3.63) is 70.6 Å². The molecule has 4 aromatic rings. The fourth-order valence-corrected chi connectivity index (χ4v) is 3.15. The molecule has 27 heavy (non-hydrogen) atoms. The lowest BCUT2D eigenvalue weighted by Gasteiger charge is -2.13. The Balaban J connectivity index is 2.15. The standard InChI is InChI=1S/C20H11F3O4/c21-20(22,23)13-4-2-1-3-11(13)12-9-27-15-8-6-10-5-7-14(24)19(26)16(10)17(15)18(12)25/h1-9,24,26H. The van der Waals surface area contributed by atoms with Gasteiger partial charge in [0, 0.05) is 10.9 Å². The predicted molar refractivity (Wildman–Crippen MR) is 93.8 cm³/mol. The lowest BCUT2D eigenvalue weighted by atomic mass is 9.97. The highest BCUT2D eigenvalue weighted by Gasteiger charge is 2.34. The highest BCUT2D eigenvalue weighted by atomic mass is 19.4. The van der Waals surface area contributed by atoms with Crippen molar-refractivity contribution in [3.8, 4) is 22.6 Å². The molecule has 3 aromatic carbocycles. The van der Waals surface area contributed by atoms with Crippen LogP contribution >= 0.6 is 0 Å². The Labute approximate surface area is 149 Å². The summed E-state index contributed by atoms with van der Waals surface area (Å²) in [5.74, 6) is -0.984. The number of phenols is 2. The van der Waals surface area contributed by atoms with Crippen LogP contribution < -0.4 is 5.43 Å². The number of benzene rings is 3. The monoisotopic (exact) mass is 372 g/mol. The number of hydrogen-bond acceptors (Lipinski definition) is 4. The van der Waals surface area contributed by atoms with Gasteiger partial charge in [0.1, 0.15) is 11.8 Å². The third-order valence-corrected chi connectivity index (χ3v) is 4.40. The summed E-state index contributed by atoms with van der Waals surface area (Å²) in [5.41, 5.74) is -2.23. The van der Waals surface area contributed by atoms with E-state index >= 15 is 0 Å². The molecule has 0 unspecified atom stereocenters. The highest BCUT2D eigenvalue weighted by molar-refractivity contribution is 6.10. The van der Waals surface area contributed by atoms with Gasteiger partial charge in [-0.3, -0.25) is 4.79 Å². The van der Waals surface area contributed by atoms with E-state index in [9.17, 15) is 28.2 Å². The van der Waals surface area contributed by atoms with E-state index in [0.29, 0.717) is 5.39 Å². The third-order valence-electron chi connectivity index (χ3n) is 4.40. The van der Waals surface area contributed by atoms with Crippen molar-refractivity contribution in [2.45, 2.75) is 6.18 Å². The van der Waals surface area contributed by atoms with Crippen LogP contribution in [0.25, 0.3) is 32.9 Å². The lowest BCUT2D eigenvalue weighted by molar-refractivity contribution is -0.137. The summed E-state index contributed by atoms with van der Waals surface area (Å²) in [4.78, 5) is 13.1. The molecule has 0 amide bonds. The van der Waals surface area contributed by atoms with Crippen LogP contribution in [0.2, 0.25) is 0 Å². The molecule has 1 heterocycles. The van der Waals surface area contributed by atoms with Crippen LogP contribution in [0.4, 0.5) is 13.2 Å². The summed E-state index contributed by atoms with van der Waals surface area (Å²) in [6.07, 6.45) is -3.68. The smallest absolute Gasteiger partial charge is 0.417 e. The van der Waals surface area contributed by atoms with Gasteiger partial charge < -0.3 is 14.6 Å². The van der Waals surface area contributed by atoms with Crippen molar-refractivity contribution < 1.29 is 27.8 Å². The second-order valence-corrected chi connectivity index (χ2v) is 5.99. The summed E-state index contributed by atoms with van der Waals surface area (Å²) in [7, 11) is 0. The molecule has 0 radical (unpaired) electrons.